The predicted octanol–water partition coefficient (Wildman–Crippen LogP) is 2.25. The normalized spacial score (nSPS) is 10.6. The van der Waals surface area contributed by atoms with Gasteiger partial charge in [0.1, 0.15) is 11.8 Å². The summed E-state index contributed by atoms with van der Waals surface area (Å²) < 4.78 is 1.70. The Morgan fingerprint density at radius 3 is 2.60 bits per heavy atom. The van der Waals surface area contributed by atoms with Gasteiger partial charge in [-0.15, -0.1) is 0 Å². The molecule has 2 aromatic heterocycles. The van der Waals surface area contributed by atoms with Crippen LogP contribution in [-0.4, -0.2) is 30.8 Å². The molecule has 0 saturated carbocycles. The van der Waals surface area contributed by atoms with Crippen LogP contribution in [0.2, 0.25) is 0 Å². The van der Waals surface area contributed by atoms with Crippen LogP contribution in [0.1, 0.15) is 21.7 Å². The number of carboxylic acid groups (broad SMARTS) is 1. The van der Waals surface area contributed by atoms with Crippen molar-refractivity contribution >= 4 is 27.6 Å². The minimum absolute atomic E-state index is 0.0945. The van der Waals surface area contributed by atoms with Gasteiger partial charge in [-0.3, -0.25) is 10.1 Å². The first kappa shape index (κ1) is 14.1. The van der Waals surface area contributed by atoms with Crippen LogP contribution >= 0.6 is 15.9 Å². The number of nitro groups is 1. The highest BCUT2D eigenvalue weighted by molar-refractivity contribution is 9.10. The average molecular weight is 341 g/mol. The quantitative estimate of drug-likeness (QED) is 0.677. The molecule has 104 valence electrons. The van der Waals surface area contributed by atoms with E-state index in [0.717, 1.165) is 6.20 Å². The van der Waals surface area contributed by atoms with Crippen molar-refractivity contribution in [2.24, 2.45) is 0 Å². The Hall–Kier alpha value is -2.29. The number of hydrogen-bond donors (Lipinski definition) is 1. The summed E-state index contributed by atoms with van der Waals surface area (Å²) in [6.45, 7) is 3.17. The van der Waals surface area contributed by atoms with E-state index in [0.29, 0.717) is 21.7 Å². The first-order valence-corrected chi connectivity index (χ1v) is 6.22. The Labute approximate surface area is 121 Å². The summed E-state index contributed by atoms with van der Waals surface area (Å²) in [6, 6.07) is 1.29. The number of carbonyl (C=O) groups is 1. The number of pyridine rings is 1. The monoisotopic (exact) mass is 340 g/mol. The van der Waals surface area contributed by atoms with Crippen molar-refractivity contribution < 1.29 is 14.8 Å². The van der Waals surface area contributed by atoms with E-state index >= 15 is 0 Å². The standard InChI is InChI=1S/C11H9BrN4O4/c1-5-9(11(17)18)6(2)15(14-5)10-8(12)3-7(4-13-10)16(19)20/h3-4H,1-2H3,(H,17,18). The zero-order chi connectivity index (χ0) is 15.0. The van der Waals surface area contributed by atoms with Crippen LogP contribution in [0.15, 0.2) is 16.7 Å². The van der Waals surface area contributed by atoms with Gasteiger partial charge in [-0.1, -0.05) is 0 Å². The lowest BCUT2D eigenvalue weighted by atomic mass is 10.2. The van der Waals surface area contributed by atoms with E-state index < -0.39 is 10.9 Å². The van der Waals surface area contributed by atoms with E-state index in [1.54, 1.807) is 13.8 Å². The fourth-order valence-corrected chi connectivity index (χ4v) is 2.34. The summed E-state index contributed by atoms with van der Waals surface area (Å²) in [4.78, 5) is 25.2. The Balaban J connectivity index is 2.61. The molecule has 0 aliphatic rings. The van der Waals surface area contributed by atoms with Gasteiger partial charge in [0.05, 0.1) is 20.8 Å². The minimum atomic E-state index is -1.08. The maximum atomic E-state index is 11.1. The number of rotatable bonds is 3. The highest BCUT2D eigenvalue weighted by Gasteiger charge is 2.21. The first-order valence-electron chi connectivity index (χ1n) is 5.42. The van der Waals surface area contributed by atoms with Crippen molar-refractivity contribution in [1.29, 1.82) is 0 Å². The van der Waals surface area contributed by atoms with Crippen LogP contribution in [0.25, 0.3) is 5.82 Å². The summed E-state index contributed by atoms with van der Waals surface area (Å²) in [6.07, 6.45) is 1.09. The van der Waals surface area contributed by atoms with Crippen LogP contribution in [-0.2, 0) is 0 Å². The summed E-state index contributed by atoms with van der Waals surface area (Å²) in [7, 11) is 0. The maximum Gasteiger partial charge on any atom is 0.339 e. The summed E-state index contributed by atoms with van der Waals surface area (Å²) in [5, 5.41) is 23.9. The molecule has 2 heterocycles. The molecule has 2 rings (SSSR count). The molecule has 0 fully saturated rings. The Bertz CT molecular complexity index is 725. The van der Waals surface area contributed by atoms with Crippen molar-refractivity contribution in [3.8, 4) is 5.82 Å². The Morgan fingerprint density at radius 1 is 1.50 bits per heavy atom. The fraction of sp³-hybridized carbons (Fsp3) is 0.182. The summed E-state index contributed by atoms with van der Waals surface area (Å²) in [5.74, 6) is -0.784. The van der Waals surface area contributed by atoms with Gasteiger partial charge in [-0.25, -0.2) is 14.5 Å². The zero-order valence-electron chi connectivity index (χ0n) is 10.5. The second-order valence-electron chi connectivity index (χ2n) is 4.02. The number of carboxylic acids is 1. The minimum Gasteiger partial charge on any atom is -0.478 e. The lowest BCUT2D eigenvalue weighted by Gasteiger charge is -2.05. The van der Waals surface area contributed by atoms with E-state index in [2.05, 4.69) is 26.0 Å². The first-order chi connectivity index (χ1) is 9.32. The number of nitrogens with zero attached hydrogens (tertiary/aromatic N) is 4. The summed E-state index contributed by atoms with van der Waals surface area (Å²) in [5.41, 5.74) is 0.678. The molecule has 20 heavy (non-hydrogen) atoms. The van der Waals surface area contributed by atoms with Gasteiger partial charge < -0.3 is 5.11 Å². The molecule has 0 bridgehead atoms. The average Bonchev–Trinajstić information content (AvgIpc) is 2.64. The zero-order valence-corrected chi connectivity index (χ0v) is 12.1. The third kappa shape index (κ3) is 2.27. The molecule has 0 saturated heterocycles. The van der Waals surface area contributed by atoms with Crippen LogP contribution < -0.4 is 0 Å². The van der Waals surface area contributed by atoms with Crippen LogP contribution in [0.3, 0.4) is 0 Å². The number of aryl methyl sites for hydroxylation is 1. The van der Waals surface area contributed by atoms with Gasteiger partial charge in [0.25, 0.3) is 5.69 Å². The van der Waals surface area contributed by atoms with E-state index in [-0.39, 0.29) is 11.3 Å². The molecule has 0 radical (unpaired) electrons. The molecule has 1 N–H and O–H groups in total. The number of aromatic nitrogens is 3. The van der Waals surface area contributed by atoms with Gasteiger partial charge in [0.15, 0.2) is 5.82 Å². The number of aromatic carboxylic acids is 1. The molecule has 0 spiro atoms. The third-order valence-electron chi connectivity index (χ3n) is 2.72. The van der Waals surface area contributed by atoms with Gasteiger partial charge in [-0.2, -0.15) is 5.10 Å². The molecule has 0 atom stereocenters. The van der Waals surface area contributed by atoms with Crippen molar-refractivity contribution in [2.75, 3.05) is 0 Å². The van der Waals surface area contributed by atoms with Crippen molar-refractivity contribution in [2.45, 2.75) is 13.8 Å². The predicted molar refractivity (Wildman–Crippen MR) is 72.1 cm³/mol. The third-order valence-corrected chi connectivity index (χ3v) is 3.31. The van der Waals surface area contributed by atoms with E-state index in [9.17, 15) is 14.9 Å². The Kier molecular flexibility index (Phi) is 3.53. The van der Waals surface area contributed by atoms with Crippen molar-refractivity contribution in [3.63, 3.8) is 0 Å². The van der Waals surface area contributed by atoms with Crippen molar-refractivity contribution in [1.82, 2.24) is 14.8 Å². The SMILES string of the molecule is Cc1nn(-c2ncc([N+](=O)[O-])cc2Br)c(C)c1C(=O)O. The van der Waals surface area contributed by atoms with Crippen LogP contribution in [0.4, 0.5) is 5.69 Å². The van der Waals surface area contributed by atoms with E-state index in [4.69, 9.17) is 5.11 Å². The smallest absolute Gasteiger partial charge is 0.339 e. The molecule has 0 unspecified atom stereocenters. The highest BCUT2D eigenvalue weighted by Crippen LogP contribution is 2.25. The van der Waals surface area contributed by atoms with Gasteiger partial charge in [0, 0.05) is 6.07 Å². The van der Waals surface area contributed by atoms with Gasteiger partial charge >= 0.3 is 5.97 Å². The number of halogens is 1. The largest absolute Gasteiger partial charge is 0.478 e. The molecule has 0 aliphatic heterocycles. The van der Waals surface area contributed by atoms with Crippen molar-refractivity contribution in [3.05, 3.63) is 43.8 Å². The lowest BCUT2D eigenvalue weighted by molar-refractivity contribution is -0.385. The molecule has 9 heteroatoms. The molecular weight excluding hydrogens is 332 g/mol. The highest BCUT2D eigenvalue weighted by atomic mass is 79.9. The molecular formula is C11H9BrN4O4. The van der Waals surface area contributed by atoms with Crippen LogP contribution in [0, 0.1) is 24.0 Å². The molecule has 0 aromatic carbocycles. The van der Waals surface area contributed by atoms with Gasteiger partial charge in [-0.05, 0) is 29.8 Å². The molecule has 0 amide bonds. The molecule has 2 aromatic rings. The second-order valence-corrected chi connectivity index (χ2v) is 4.87. The summed E-state index contributed by atoms with van der Waals surface area (Å²) >= 11 is 3.18. The van der Waals surface area contributed by atoms with Crippen LogP contribution in [0.5, 0.6) is 0 Å². The molecule has 0 aliphatic carbocycles. The second kappa shape index (κ2) is 5.00. The van der Waals surface area contributed by atoms with E-state index in [1.165, 1.54) is 10.7 Å². The Morgan fingerprint density at radius 2 is 2.15 bits per heavy atom. The molecule has 8 nitrogen and oxygen atoms in total. The number of hydrogen-bond acceptors (Lipinski definition) is 5. The fourth-order valence-electron chi connectivity index (χ4n) is 1.83. The topological polar surface area (TPSA) is 111 Å². The lowest BCUT2D eigenvalue weighted by Crippen LogP contribution is -2.05. The maximum absolute atomic E-state index is 11.1. The van der Waals surface area contributed by atoms with Gasteiger partial charge in [0.2, 0.25) is 0 Å². The van der Waals surface area contributed by atoms with E-state index in [1.807, 2.05) is 0 Å².